The summed E-state index contributed by atoms with van der Waals surface area (Å²) < 4.78 is 5.32. The van der Waals surface area contributed by atoms with Crippen LogP contribution in [0.15, 0.2) is 12.4 Å². The van der Waals surface area contributed by atoms with Gasteiger partial charge < -0.3 is 15.0 Å². The van der Waals surface area contributed by atoms with Gasteiger partial charge in [-0.3, -0.25) is 0 Å². The maximum Gasteiger partial charge on any atom is 0.407 e. The summed E-state index contributed by atoms with van der Waals surface area (Å²) in [6.45, 7) is 7.26. The smallest absolute Gasteiger partial charge is 0.407 e. The maximum absolute atomic E-state index is 11.9. The number of carbonyl (C=O) groups excluding carboxylic acids is 1. The highest BCUT2D eigenvalue weighted by Crippen LogP contribution is 2.32. The lowest BCUT2D eigenvalue weighted by atomic mass is 10.2. The number of rotatable bonds is 4. The third-order valence-corrected chi connectivity index (χ3v) is 4.14. The number of aromatic nitrogens is 2. The van der Waals surface area contributed by atoms with Crippen molar-refractivity contribution in [3.05, 3.63) is 18.1 Å². The highest BCUT2D eigenvalue weighted by Gasteiger charge is 2.27. The van der Waals surface area contributed by atoms with Gasteiger partial charge in [-0.1, -0.05) is 0 Å². The lowest BCUT2D eigenvalue weighted by molar-refractivity contribution is 0.0509. The molecule has 23 heavy (non-hydrogen) atoms. The summed E-state index contributed by atoms with van der Waals surface area (Å²) in [5.74, 6) is 1.78. The van der Waals surface area contributed by atoms with Crippen molar-refractivity contribution in [1.82, 2.24) is 15.3 Å². The predicted octanol–water partition coefficient (Wildman–Crippen LogP) is 2.53. The minimum Gasteiger partial charge on any atom is -0.444 e. The van der Waals surface area contributed by atoms with Crippen molar-refractivity contribution in [1.29, 1.82) is 0 Å². The van der Waals surface area contributed by atoms with E-state index in [0.29, 0.717) is 0 Å². The van der Waals surface area contributed by atoms with Gasteiger partial charge in [-0.15, -0.1) is 0 Å². The van der Waals surface area contributed by atoms with E-state index in [0.717, 1.165) is 43.4 Å². The van der Waals surface area contributed by atoms with Gasteiger partial charge in [-0.2, -0.15) is 0 Å². The number of carbonyl (C=O) groups is 1. The molecule has 1 aromatic heterocycles. The fourth-order valence-electron chi connectivity index (χ4n) is 2.85. The van der Waals surface area contributed by atoms with E-state index in [1.54, 1.807) is 6.33 Å². The second-order valence-electron chi connectivity index (χ2n) is 7.59. The normalized spacial score (nSPS) is 21.3. The summed E-state index contributed by atoms with van der Waals surface area (Å²) in [7, 11) is 0. The van der Waals surface area contributed by atoms with Gasteiger partial charge in [0.15, 0.2) is 0 Å². The Morgan fingerprint density at radius 2 is 2.13 bits per heavy atom. The van der Waals surface area contributed by atoms with Crippen LogP contribution in [0.5, 0.6) is 0 Å². The molecule has 0 bridgehead atoms. The molecule has 2 aliphatic rings. The Bertz CT molecular complexity index is 566. The number of ether oxygens (including phenoxy) is 1. The first-order valence-corrected chi connectivity index (χ1v) is 8.44. The molecule has 0 spiro atoms. The van der Waals surface area contributed by atoms with E-state index in [1.165, 1.54) is 12.8 Å². The van der Waals surface area contributed by atoms with Crippen molar-refractivity contribution >= 4 is 11.9 Å². The largest absolute Gasteiger partial charge is 0.444 e. The standard InChI is InChI=1S/C17H26N4O2/c1-17(2,3)23-16(22)20-13-6-7-21(10-13)15-9-14(18-11-19-15)8-12-4-5-12/h9,11-13H,4-8,10H2,1-3H3,(H,20,22). The summed E-state index contributed by atoms with van der Waals surface area (Å²) in [6, 6.07) is 2.19. The zero-order valence-electron chi connectivity index (χ0n) is 14.2. The third kappa shape index (κ3) is 4.81. The monoisotopic (exact) mass is 318 g/mol. The van der Waals surface area contributed by atoms with Gasteiger partial charge in [0, 0.05) is 24.8 Å². The zero-order chi connectivity index (χ0) is 16.4. The number of anilines is 1. The molecule has 3 rings (SSSR count). The molecule has 2 heterocycles. The van der Waals surface area contributed by atoms with Crippen molar-refractivity contribution in [2.24, 2.45) is 5.92 Å². The van der Waals surface area contributed by atoms with Gasteiger partial charge in [-0.25, -0.2) is 14.8 Å². The molecule has 1 aromatic rings. The summed E-state index contributed by atoms with van der Waals surface area (Å²) in [4.78, 5) is 22.8. The highest BCUT2D eigenvalue weighted by atomic mass is 16.6. The Balaban J connectivity index is 1.53. The Kier molecular flexibility index (Phi) is 4.41. The fourth-order valence-corrected chi connectivity index (χ4v) is 2.85. The van der Waals surface area contributed by atoms with E-state index < -0.39 is 5.60 Å². The first-order valence-electron chi connectivity index (χ1n) is 8.44. The molecule has 1 saturated carbocycles. The van der Waals surface area contributed by atoms with Crippen molar-refractivity contribution in [2.75, 3.05) is 18.0 Å². The number of hydrogen-bond acceptors (Lipinski definition) is 5. The first-order chi connectivity index (χ1) is 10.9. The lowest BCUT2D eigenvalue weighted by Crippen LogP contribution is -2.40. The predicted molar refractivity (Wildman–Crippen MR) is 88.4 cm³/mol. The van der Waals surface area contributed by atoms with E-state index in [-0.39, 0.29) is 12.1 Å². The summed E-state index contributed by atoms with van der Waals surface area (Å²) in [5.41, 5.74) is 0.660. The summed E-state index contributed by atoms with van der Waals surface area (Å²) in [5, 5.41) is 2.95. The quantitative estimate of drug-likeness (QED) is 0.924. The molecule has 1 atom stereocenters. The van der Waals surface area contributed by atoms with Crippen LogP contribution in [0.1, 0.15) is 45.7 Å². The molecular weight excluding hydrogens is 292 g/mol. The Morgan fingerprint density at radius 1 is 1.35 bits per heavy atom. The molecule has 126 valence electrons. The van der Waals surface area contributed by atoms with Gasteiger partial charge in [0.1, 0.15) is 17.7 Å². The van der Waals surface area contributed by atoms with Gasteiger partial charge in [0.25, 0.3) is 0 Å². The Labute approximate surface area is 137 Å². The fraction of sp³-hybridized carbons (Fsp3) is 0.706. The minimum atomic E-state index is -0.466. The van der Waals surface area contributed by atoms with Gasteiger partial charge in [0.05, 0.1) is 6.04 Å². The van der Waals surface area contributed by atoms with Crippen LogP contribution in [0, 0.1) is 5.92 Å². The highest BCUT2D eigenvalue weighted by molar-refractivity contribution is 5.68. The molecule has 2 fully saturated rings. The average molecular weight is 318 g/mol. The number of alkyl carbamates (subject to hydrolysis) is 1. The summed E-state index contributed by atoms with van der Waals surface area (Å²) in [6.07, 6.45) is 5.92. The molecule has 1 N–H and O–H groups in total. The molecule has 6 heteroatoms. The first kappa shape index (κ1) is 16.0. The van der Waals surface area contributed by atoms with Gasteiger partial charge >= 0.3 is 6.09 Å². The second-order valence-corrected chi connectivity index (χ2v) is 7.59. The number of nitrogens with zero attached hydrogens (tertiary/aromatic N) is 3. The van der Waals surface area contributed by atoms with Gasteiger partial charge in [-0.05, 0) is 52.4 Å². The van der Waals surface area contributed by atoms with Crippen LogP contribution in [-0.2, 0) is 11.2 Å². The SMILES string of the molecule is CC(C)(C)OC(=O)NC1CCN(c2cc(CC3CC3)ncn2)C1. The summed E-state index contributed by atoms with van der Waals surface area (Å²) >= 11 is 0. The second kappa shape index (κ2) is 6.34. The van der Waals surface area contributed by atoms with E-state index in [9.17, 15) is 4.79 Å². The topological polar surface area (TPSA) is 67.3 Å². The van der Waals surface area contributed by atoms with Crippen LogP contribution in [0.25, 0.3) is 0 Å². The maximum atomic E-state index is 11.9. The van der Waals surface area contributed by atoms with Crippen LogP contribution in [0.2, 0.25) is 0 Å². The number of nitrogens with one attached hydrogen (secondary N) is 1. The van der Waals surface area contributed by atoms with Gasteiger partial charge in [0.2, 0.25) is 0 Å². The molecule has 6 nitrogen and oxygen atoms in total. The molecule has 1 saturated heterocycles. The molecule has 0 radical (unpaired) electrons. The number of hydrogen-bond donors (Lipinski definition) is 1. The third-order valence-electron chi connectivity index (χ3n) is 4.14. The minimum absolute atomic E-state index is 0.103. The van der Waals surface area contributed by atoms with Crippen LogP contribution >= 0.6 is 0 Å². The van der Waals surface area contributed by atoms with E-state index >= 15 is 0 Å². The molecule has 1 aliphatic carbocycles. The molecule has 0 aromatic carbocycles. The molecule has 1 aliphatic heterocycles. The Hall–Kier alpha value is -1.85. The Morgan fingerprint density at radius 3 is 2.83 bits per heavy atom. The van der Waals surface area contributed by atoms with Crippen LogP contribution in [0.3, 0.4) is 0 Å². The van der Waals surface area contributed by atoms with Crippen LogP contribution in [0.4, 0.5) is 10.6 Å². The van der Waals surface area contributed by atoms with E-state index in [2.05, 4.69) is 26.3 Å². The van der Waals surface area contributed by atoms with E-state index in [1.807, 2.05) is 20.8 Å². The molecule has 1 unspecified atom stereocenters. The molecular formula is C17H26N4O2. The van der Waals surface area contributed by atoms with Crippen molar-refractivity contribution < 1.29 is 9.53 Å². The zero-order valence-corrected chi connectivity index (χ0v) is 14.2. The van der Waals surface area contributed by atoms with Crippen molar-refractivity contribution in [3.8, 4) is 0 Å². The van der Waals surface area contributed by atoms with Crippen molar-refractivity contribution in [2.45, 2.75) is 58.1 Å². The van der Waals surface area contributed by atoms with Crippen molar-refractivity contribution in [3.63, 3.8) is 0 Å². The average Bonchev–Trinajstić information content (AvgIpc) is 3.13. The lowest BCUT2D eigenvalue weighted by Gasteiger charge is -2.22. The molecule has 1 amide bonds. The van der Waals surface area contributed by atoms with E-state index in [4.69, 9.17) is 4.74 Å². The van der Waals surface area contributed by atoms with Crippen LogP contribution < -0.4 is 10.2 Å². The van der Waals surface area contributed by atoms with Crippen LogP contribution in [-0.4, -0.2) is 40.8 Å². The number of amides is 1.